The summed E-state index contributed by atoms with van der Waals surface area (Å²) in [6.45, 7) is 9.25. The lowest BCUT2D eigenvalue weighted by Crippen LogP contribution is -2.44. The van der Waals surface area contributed by atoms with Gasteiger partial charge >= 0.3 is 0 Å². The van der Waals surface area contributed by atoms with E-state index in [-0.39, 0.29) is 23.9 Å². The highest BCUT2D eigenvalue weighted by Crippen LogP contribution is 2.33. The summed E-state index contributed by atoms with van der Waals surface area (Å²) in [5.74, 6) is 1.45. The summed E-state index contributed by atoms with van der Waals surface area (Å²) >= 11 is 0. The third-order valence-electron chi connectivity index (χ3n) is 4.60. The molecule has 0 spiro atoms. The second-order valence-electron chi connectivity index (χ2n) is 6.60. The van der Waals surface area contributed by atoms with Crippen LogP contribution < -0.4 is 5.32 Å². The minimum Gasteiger partial charge on any atom is -0.338 e. The van der Waals surface area contributed by atoms with E-state index < -0.39 is 0 Å². The van der Waals surface area contributed by atoms with E-state index in [0.717, 1.165) is 25.5 Å². The van der Waals surface area contributed by atoms with Crippen molar-refractivity contribution in [3.05, 3.63) is 47.1 Å². The van der Waals surface area contributed by atoms with Gasteiger partial charge in [0, 0.05) is 19.6 Å². The van der Waals surface area contributed by atoms with E-state index >= 15 is 0 Å². The summed E-state index contributed by atoms with van der Waals surface area (Å²) < 4.78 is 5.62. The maximum atomic E-state index is 5.62. The molecule has 1 aliphatic rings. The van der Waals surface area contributed by atoms with Crippen molar-refractivity contribution >= 4 is 12.4 Å². The first kappa shape index (κ1) is 17.9. The largest absolute Gasteiger partial charge is 0.338 e. The third-order valence-corrected chi connectivity index (χ3v) is 4.60. The molecule has 0 radical (unpaired) electrons. The van der Waals surface area contributed by atoms with Crippen LogP contribution in [0.25, 0.3) is 0 Å². The zero-order valence-corrected chi connectivity index (χ0v) is 15.0. The average Bonchev–Trinajstić information content (AvgIpc) is 2.98. The van der Waals surface area contributed by atoms with Crippen LogP contribution in [0.2, 0.25) is 0 Å². The third kappa shape index (κ3) is 3.42. The van der Waals surface area contributed by atoms with Crippen LogP contribution in [0.15, 0.2) is 28.8 Å². The Balaban J connectivity index is 0.00000192. The quantitative estimate of drug-likeness (QED) is 0.934. The molecule has 1 aromatic heterocycles. The molecule has 0 saturated carbocycles. The Morgan fingerprint density at radius 1 is 1.30 bits per heavy atom. The molecular weight excluding hydrogens is 312 g/mol. The van der Waals surface area contributed by atoms with Crippen molar-refractivity contribution in [1.82, 2.24) is 20.4 Å². The summed E-state index contributed by atoms with van der Waals surface area (Å²) in [6, 6.07) is 8.54. The molecule has 0 bridgehead atoms. The van der Waals surface area contributed by atoms with Gasteiger partial charge in [-0.1, -0.05) is 29.4 Å². The Bertz CT molecular complexity index is 656. The van der Waals surface area contributed by atoms with Gasteiger partial charge in [-0.05, 0) is 38.9 Å². The normalized spacial score (nSPS) is 19.4. The van der Waals surface area contributed by atoms with Crippen molar-refractivity contribution in [2.45, 2.75) is 32.2 Å². The molecule has 0 aliphatic carbocycles. The average molecular weight is 337 g/mol. The molecule has 5 nitrogen and oxygen atoms in total. The monoisotopic (exact) mass is 336 g/mol. The van der Waals surface area contributed by atoms with Gasteiger partial charge in [-0.3, -0.25) is 4.90 Å². The Morgan fingerprint density at radius 3 is 2.74 bits per heavy atom. The van der Waals surface area contributed by atoms with Gasteiger partial charge in [0.2, 0.25) is 5.89 Å². The molecule has 1 aliphatic heterocycles. The molecule has 1 saturated heterocycles. The van der Waals surface area contributed by atoms with E-state index in [1.807, 2.05) is 0 Å². The van der Waals surface area contributed by atoms with E-state index in [1.54, 1.807) is 0 Å². The van der Waals surface area contributed by atoms with Crippen molar-refractivity contribution in [2.24, 2.45) is 0 Å². The minimum absolute atomic E-state index is 0. The Morgan fingerprint density at radius 2 is 2.04 bits per heavy atom. The lowest BCUT2D eigenvalue weighted by Gasteiger charge is -2.30. The molecule has 2 heterocycles. The lowest BCUT2D eigenvalue weighted by atomic mass is 9.82. The number of halogens is 1. The van der Waals surface area contributed by atoms with Gasteiger partial charge in [0.25, 0.3) is 0 Å². The molecule has 6 heteroatoms. The van der Waals surface area contributed by atoms with E-state index in [1.165, 1.54) is 11.1 Å². The van der Waals surface area contributed by atoms with Gasteiger partial charge in [-0.15, -0.1) is 12.4 Å². The summed E-state index contributed by atoms with van der Waals surface area (Å²) in [7, 11) is 2.11. The van der Waals surface area contributed by atoms with Crippen LogP contribution in [0, 0.1) is 6.92 Å². The number of rotatable bonds is 3. The fraction of sp³-hybridized carbons (Fsp3) is 0.529. The van der Waals surface area contributed by atoms with E-state index in [2.05, 4.69) is 67.5 Å². The predicted molar refractivity (Wildman–Crippen MR) is 93.1 cm³/mol. The van der Waals surface area contributed by atoms with Gasteiger partial charge < -0.3 is 9.84 Å². The highest BCUT2D eigenvalue weighted by atomic mass is 35.5. The van der Waals surface area contributed by atoms with Crippen LogP contribution in [0.3, 0.4) is 0 Å². The van der Waals surface area contributed by atoms with Crippen molar-refractivity contribution in [3.8, 4) is 0 Å². The molecule has 1 fully saturated rings. The van der Waals surface area contributed by atoms with Gasteiger partial charge in [0.15, 0.2) is 5.82 Å². The van der Waals surface area contributed by atoms with Crippen LogP contribution in [0.4, 0.5) is 0 Å². The van der Waals surface area contributed by atoms with Crippen LogP contribution in [0.1, 0.15) is 42.7 Å². The van der Waals surface area contributed by atoms with Crippen molar-refractivity contribution < 1.29 is 4.52 Å². The second kappa shape index (κ2) is 6.99. The first-order chi connectivity index (χ1) is 10.5. The van der Waals surface area contributed by atoms with Gasteiger partial charge in [-0.25, -0.2) is 0 Å². The zero-order chi connectivity index (χ0) is 15.7. The maximum Gasteiger partial charge on any atom is 0.236 e. The molecule has 1 aromatic carbocycles. The highest BCUT2D eigenvalue weighted by molar-refractivity contribution is 5.85. The predicted octanol–water partition coefficient (Wildman–Crippen LogP) is 2.70. The number of nitrogens with zero attached hydrogens (tertiary/aromatic N) is 3. The van der Waals surface area contributed by atoms with Gasteiger partial charge in [-0.2, -0.15) is 4.98 Å². The molecule has 0 amide bonds. The van der Waals surface area contributed by atoms with E-state index in [4.69, 9.17) is 9.51 Å². The molecule has 1 unspecified atom stereocenters. The number of hydrogen-bond acceptors (Lipinski definition) is 5. The standard InChI is InChI=1S/C17H24N4O.ClH/c1-12-7-5-6-8-13(12)17(2,3)16-19-15(20-22-16)14-11-18-9-10-21(14)4;/h5-8,14,18H,9-11H2,1-4H3;1H. The van der Waals surface area contributed by atoms with Crippen molar-refractivity contribution in [2.75, 3.05) is 26.7 Å². The SMILES string of the molecule is Cc1ccccc1C(C)(C)c1nc(C2CNCCN2C)no1.Cl. The maximum absolute atomic E-state index is 5.62. The fourth-order valence-electron chi connectivity index (χ4n) is 3.11. The van der Waals surface area contributed by atoms with Crippen molar-refractivity contribution in [1.29, 1.82) is 0 Å². The van der Waals surface area contributed by atoms with Gasteiger partial charge in [0.1, 0.15) is 0 Å². The number of aryl methyl sites for hydroxylation is 1. The van der Waals surface area contributed by atoms with Crippen molar-refractivity contribution in [3.63, 3.8) is 0 Å². The van der Waals surface area contributed by atoms with Crippen LogP contribution >= 0.6 is 12.4 Å². The summed E-state index contributed by atoms with van der Waals surface area (Å²) in [6.07, 6.45) is 0. The second-order valence-corrected chi connectivity index (χ2v) is 6.60. The van der Waals surface area contributed by atoms with E-state index in [0.29, 0.717) is 5.89 Å². The summed E-state index contributed by atoms with van der Waals surface area (Å²) in [4.78, 5) is 6.98. The lowest BCUT2D eigenvalue weighted by molar-refractivity contribution is 0.190. The molecule has 126 valence electrons. The zero-order valence-electron chi connectivity index (χ0n) is 14.2. The summed E-state index contributed by atoms with van der Waals surface area (Å²) in [5, 5.41) is 7.63. The number of piperazine rings is 1. The number of likely N-dealkylation sites (N-methyl/N-ethyl adjacent to an activating group) is 1. The number of benzene rings is 1. The number of hydrogen-bond donors (Lipinski definition) is 1. The molecule has 2 aromatic rings. The molecule has 23 heavy (non-hydrogen) atoms. The first-order valence-corrected chi connectivity index (χ1v) is 7.81. The molecule has 1 atom stereocenters. The minimum atomic E-state index is -0.294. The smallest absolute Gasteiger partial charge is 0.236 e. The van der Waals surface area contributed by atoms with E-state index in [9.17, 15) is 0 Å². The molecule has 1 N–H and O–H groups in total. The number of nitrogens with one attached hydrogen (secondary N) is 1. The molecule has 3 rings (SSSR count). The number of aromatic nitrogens is 2. The highest BCUT2D eigenvalue weighted by Gasteiger charge is 2.33. The van der Waals surface area contributed by atoms with Crippen LogP contribution in [-0.2, 0) is 5.41 Å². The molecular formula is C17H25ClN4O. The Hall–Kier alpha value is -1.43. The Kier molecular flexibility index (Phi) is 5.45. The summed E-state index contributed by atoms with van der Waals surface area (Å²) in [5.41, 5.74) is 2.17. The van der Waals surface area contributed by atoms with Crippen LogP contribution in [0.5, 0.6) is 0 Å². The first-order valence-electron chi connectivity index (χ1n) is 7.81. The Labute approximate surface area is 143 Å². The fourth-order valence-corrected chi connectivity index (χ4v) is 3.11. The van der Waals surface area contributed by atoms with Gasteiger partial charge in [0.05, 0.1) is 11.5 Å². The van der Waals surface area contributed by atoms with Crippen LogP contribution in [-0.4, -0.2) is 41.7 Å². The topological polar surface area (TPSA) is 54.2 Å².